The fourth-order valence-corrected chi connectivity index (χ4v) is 1.96. The van der Waals surface area contributed by atoms with Crippen molar-refractivity contribution in [3.8, 4) is 0 Å². The van der Waals surface area contributed by atoms with E-state index in [0.717, 1.165) is 0 Å². The van der Waals surface area contributed by atoms with Crippen LogP contribution in [0.1, 0.15) is 34.7 Å². The molecule has 0 aliphatic heterocycles. The van der Waals surface area contributed by atoms with Gasteiger partial charge in [0.05, 0.1) is 18.8 Å². The number of methoxy groups -OCH3 is 1. The van der Waals surface area contributed by atoms with Crippen LogP contribution in [-0.2, 0) is 20.9 Å². The van der Waals surface area contributed by atoms with Gasteiger partial charge in [-0.15, -0.1) is 0 Å². The molecule has 2 heterocycles. The van der Waals surface area contributed by atoms with Gasteiger partial charge in [-0.25, -0.2) is 9.78 Å². The number of nitrogens with zero attached hydrogens (tertiary/aromatic N) is 2. The van der Waals surface area contributed by atoms with Crippen molar-refractivity contribution >= 4 is 28.7 Å². The fraction of sp³-hybridized carbons (Fsp3) is 0.286. The topological polar surface area (TPSA) is 87.5 Å². The SMILES string of the molecule is COC(=O)c1cc2c(COC(C)=O)cn(C(C)=O)c2cn1. The van der Waals surface area contributed by atoms with Gasteiger partial charge in [-0.05, 0) is 6.07 Å². The van der Waals surface area contributed by atoms with Crippen molar-refractivity contribution in [2.24, 2.45) is 0 Å². The molecule has 0 saturated heterocycles. The summed E-state index contributed by atoms with van der Waals surface area (Å²) in [7, 11) is 1.26. The Kier molecular flexibility index (Phi) is 4.02. The number of fused-ring (bicyclic) bond motifs is 1. The maximum atomic E-state index is 11.6. The van der Waals surface area contributed by atoms with Gasteiger partial charge in [0.1, 0.15) is 12.3 Å². The molecule has 0 aliphatic carbocycles. The molecule has 110 valence electrons. The summed E-state index contributed by atoms with van der Waals surface area (Å²) in [4.78, 5) is 38.1. The highest BCUT2D eigenvalue weighted by Gasteiger charge is 2.16. The maximum absolute atomic E-state index is 11.6. The van der Waals surface area contributed by atoms with E-state index < -0.39 is 11.9 Å². The summed E-state index contributed by atoms with van der Waals surface area (Å²) >= 11 is 0. The molecule has 0 aliphatic rings. The molecule has 0 atom stereocenters. The zero-order valence-electron chi connectivity index (χ0n) is 11.9. The van der Waals surface area contributed by atoms with Gasteiger partial charge in [-0.1, -0.05) is 0 Å². The third kappa shape index (κ3) is 2.91. The highest BCUT2D eigenvalue weighted by molar-refractivity contribution is 5.97. The second-order valence-electron chi connectivity index (χ2n) is 4.40. The highest BCUT2D eigenvalue weighted by atomic mass is 16.5. The summed E-state index contributed by atoms with van der Waals surface area (Å²) in [6.45, 7) is 2.71. The van der Waals surface area contributed by atoms with Gasteiger partial charge in [0.15, 0.2) is 0 Å². The van der Waals surface area contributed by atoms with Gasteiger partial charge >= 0.3 is 11.9 Å². The Morgan fingerprint density at radius 1 is 1.29 bits per heavy atom. The molecule has 0 N–H and O–H groups in total. The summed E-state index contributed by atoms with van der Waals surface area (Å²) in [6.07, 6.45) is 2.99. The van der Waals surface area contributed by atoms with Gasteiger partial charge in [0, 0.05) is 31.0 Å². The average Bonchev–Trinajstić information content (AvgIpc) is 2.82. The van der Waals surface area contributed by atoms with Crippen molar-refractivity contribution < 1.29 is 23.9 Å². The number of aromatic nitrogens is 2. The number of rotatable bonds is 3. The Hall–Kier alpha value is -2.70. The third-order valence-electron chi connectivity index (χ3n) is 2.94. The molecule has 2 aromatic rings. The van der Waals surface area contributed by atoms with Crippen LogP contribution in [0.3, 0.4) is 0 Å². The molecule has 7 heteroatoms. The Bertz CT molecular complexity index is 732. The molecule has 21 heavy (non-hydrogen) atoms. The molecule has 2 rings (SSSR count). The summed E-state index contributed by atoms with van der Waals surface area (Å²) in [5.41, 5.74) is 1.27. The molecule has 7 nitrogen and oxygen atoms in total. The minimum Gasteiger partial charge on any atom is -0.464 e. The van der Waals surface area contributed by atoms with Gasteiger partial charge in [-0.3, -0.25) is 14.2 Å². The van der Waals surface area contributed by atoms with E-state index in [1.54, 1.807) is 6.20 Å². The van der Waals surface area contributed by atoms with E-state index in [9.17, 15) is 14.4 Å². The van der Waals surface area contributed by atoms with Crippen molar-refractivity contribution in [3.05, 3.63) is 29.7 Å². The first-order chi connectivity index (χ1) is 9.93. The molecule has 0 bridgehead atoms. The largest absolute Gasteiger partial charge is 0.464 e. The summed E-state index contributed by atoms with van der Waals surface area (Å²) in [5.74, 6) is -1.21. The van der Waals surface area contributed by atoms with Crippen LogP contribution < -0.4 is 0 Å². The predicted molar refractivity (Wildman–Crippen MR) is 72.8 cm³/mol. The first-order valence-electron chi connectivity index (χ1n) is 6.16. The van der Waals surface area contributed by atoms with E-state index in [0.29, 0.717) is 16.5 Å². The Labute approximate surface area is 120 Å². The molecule has 2 aromatic heterocycles. The predicted octanol–water partition coefficient (Wildman–Crippen LogP) is 1.55. The molecule has 0 aromatic carbocycles. The van der Waals surface area contributed by atoms with Crippen molar-refractivity contribution in [1.29, 1.82) is 0 Å². The van der Waals surface area contributed by atoms with Crippen LogP contribution in [0.2, 0.25) is 0 Å². The first-order valence-corrected chi connectivity index (χ1v) is 6.16. The molecule has 0 amide bonds. The molecular formula is C14H14N2O5. The third-order valence-corrected chi connectivity index (χ3v) is 2.94. The zero-order valence-corrected chi connectivity index (χ0v) is 11.9. The lowest BCUT2D eigenvalue weighted by Crippen LogP contribution is -2.06. The summed E-state index contributed by atoms with van der Waals surface area (Å²) in [5, 5.41) is 0.613. The van der Waals surface area contributed by atoms with Crippen molar-refractivity contribution in [2.75, 3.05) is 7.11 Å². The lowest BCUT2D eigenvalue weighted by molar-refractivity contribution is -0.142. The first kappa shape index (κ1) is 14.7. The highest BCUT2D eigenvalue weighted by Crippen LogP contribution is 2.23. The van der Waals surface area contributed by atoms with Gasteiger partial charge in [-0.2, -0.15) is 0 Å². The quantitative estimate of drug-likeness (QED) is 0.797. The van der Waals surface area contributed by atoms with E-state index in [1.807, 2.05) is 0 Å². The number of esters is 2. The van der Waals surface area contributed by atoms with Gasteiger partial charge in [0.2, 0.25) is 5.91 Å². The average molecular weight is 290 g/mol. The smallest absolute Gasteiger partial charge is 0.356 e. The Morgan fingerprint density at radius 3 is 2.57 bits per heavy atom. The van der Waals surface area contributed by atoms with Crippen LogP contribution in [0.5, 0.6) is 0 Å². The maximum Gasteiger partial charge on any atom is 0.356 e. The van der Waals surface area contributed by atoms with E-state index in [4.69, 9.17) is 4.74 Å². The molecule has 0 fully saturated rings. The number of carbonyl (C=O) groups excluding carboxylic acids is 3. The lowest BCUT2D eigenvalue weighted by Gasteiger charge is -2.02. The molecular weight excluding hydrogens is 276 g/mol. The number of ether oxygens (including phenoxy) is 2. The normalized spacial score (nSPS) is 10.4. The summed E-state index contributed by atoms with van der Waals surface area (Å²) in [6, 6.07) is 1.51. The van der Waals surface area contributed by atoms with Crippen LogP contribution >= 0.6 is 0 Å². The summed E-state index contributed by atoms with van der Waals surface area (Å²) < 4.78 is 11.0. The van der Waals surface area contributed by atoms with Crippen LogP contribution in [0.4, 0.5) is 0 Å². The standard InChI is InChI=1S/C14H14N2O5/c1-8(17)16-6-10(7-21-9(2)18)11-4-12(14(19)20-3)15-5-13(11)16/h4-6H,7H2,1-3H3. The van der Waals surface area contributed by atoms with E-state index in [2.05, 4.69) is 9.72 Å². The van der Waals surface area contributed by atoms with Gasteiger partial charge < -0.3 is 9.47 Å². The van der Waals surface area contributed by atoms with E-state index in [1.165, 1.54) is 37.8 Å². The van der Waals surface area contributed by atoms with Crippen molar-refractivity contribution in [1.82, 2.24) is 9.55 Å². The van der Waals surface area contributed by atoms with Crippen LogP contribution in [0, 0.1) is 0 Å². The second kappa shape index (κ2) is 5.74. The van der Waals surface area contributed by atoms with E-state index >= 15 is 0 Å². The zero-order chi connectivity index (χ0) is 15.6. The monoisotopic (exact) mass is 290 g/mol. The molecule has 0 unspecified atom stereocenters. The number of hydrogen-bond acceptors (Lipinski definition) is 6. The van der Waals surface area contributed by atoms with Crippen molar-refractivity contribution in [2.45, 2.75) is 20.5 Å². The molecule has 0 spiro atoms. The lowest BCUT2D eigenvalue weighted by atomic mass is 10.2. The minimum atomic E-state index is -0.578. The molecule has 0 radical (unpaired) electrons. The Morgan fingerprint density at radius 2 is 2.00 bits per heavy atom. The number of hydrogen-bond donors (Lipinski definition) is 0. The minimum absolute atomic E-state index is 0.0107. The van der Waals surface area contributed by atoms with E-state index in [-0.39, 0.29) is 18.2 Å². The van der Waals surface area contributed by atoms with Crippen LogP contribution in [0.25, 0.3) is 10.9 Å². The number of pyridine rings is 1. The number of carbonyl (C=O) groups is 3. The Balaban J connectivity index is 2.57. The fourth-order valence-electron chi connectivity index (χ4n) is 1.96. The van der Waals surface area contributed by atoms with Crippen molar-refractivity contribution in [3.63, 3.8) is 0 Å². The van der Waals surface area contributed by atoms with Crippen LogP contribution in [0.15, 0.2) is 18.5 Å². The molecule has 0 saturated carbocycles. The second-order valence-corrected chi connectivity index (χ2v) is 4.40. The van der Waals surface area contributed by atoms with Crippen LogP contribution in [-0.4, -0.2) is 34.5 Å². The van der Waals surface area contributed by atoms with Gasteiger partial charge in [0.25, 0.3) is 0 Å².